The molecule has 0 amide bonds. The first-order valence-electron chi connectivity index (χ1n) is 3.83. The van der Waals surface area contributed by atoms with Gasteiger partial charge < -0.3 is 9.90 Å². The van der Waals surface area contributed by atoms with Crippen molar-refractivity contribution in [2.75, 3.05) is 6.54 Å². The molecule has 0 N–H and O–H groups in total. The fourth-order valence-corrected chi connectivity index (χ4v) is 0.824. The maximum atomic E-state index is 10.0. The van der Waals surface area contributed by atoms with E-state index in [1.807, 2.05) is 36.1 Å². The molecule has 0 aliphatic heterocycles. The number of carboxylic acid groups (broad SMARTS) is 1. The lowest BCUT2D eigenvalue weighted by molar-refractivity contribution is -0.671. The molecule has 1 aromatic rings. The van der Waals surface area contributed by atoms with E-state index in [1.165, 1.54) is 6.21 Å². The van der Waals surface area contributed by atoms with Gasteiger partial charge in [-0.15, -0.1) is 0 Å². The van der Waals surface area contributed by atoms with Crippen LogP contribution in [-0.4, -0.2) is 18.7 Å². The zero-order valence-electron chi connectivity index (χ0n) is 7.30. The van der Waals surface area contributed by atoms with Gasteiger partial charge in [-0.25, -0.2) is 4.57 Å². The molecule has 0 radical (unpaired) electrons. The Balaban J connectivity index is 2.59. The Labute approximate surface area is 76.2 Å². The van der Waals surface area contributed by atoms with Gasteiger partial charge in [-0.3, -0.25) is 4.99 Å². The van der Waals surface area contributed by atoms with Crippen LogP contribution in [0.5, 0.6) is 0 Å². The summed E-state index contributed by atoms with van der Waals surface area (Å²) in [4.78, 5) is 13.7. The second-order valence-corrected chi connectivity index (χ2v) is 2.64. The summed E-state index contributed by atoms with van der Waals surface area (Å²) in [5.74, 6) is -1.17. The van der Waals surface area contributed by atoms with Crippen LogP contribution in [0.1, 0.15) is 5.56 Å². The molecule has 0 bridgehead atoms. The van der Waals surface area contributed by atoms with Crippen LogP contribution < -0.4 is 9.67 Å². The molecule has 0 saturated heterocycles. The number of pyridine rings is 1. The van der Waals surface area contributed by atoms with Gasteiger partial charge in [0.25, 0.3) is 0 Å². The first-order valence-corrected chi connectivity index (χ1v) is 3.83. The highest BCUT2D eigenvalue weighted by molar-refractivity contribution is 5.81. The Morgan fingerprint density at radius 3 is 2.77 bits per heavy atom. The molecule has 1 rings (SSSR count). The molecule has 13 heavy (non-hydrogen) atoms. The molecule has 68 valence electrons. The van der Waals surface area contributed by atoms with Crippen molar-refractivity contribution in [3.8, 4) is 0 Å². The summed E-state index contributed by atoms with van der Waals surface area (Å²) in [6, 6.07) is 3.69. The van der Waals surface area contributed by atoms with E-state index in [2.05, 4.69) is 4.99 Å². The van der Waals surface area contributed by atoms with Crippen molar-refractivity contribution in [3.63, 3.8) is 0 Å². The summed E-state index contributed by atoms with van der Waals surface area (Å²) < 4.78 is 1.89. The second kappa shape index (κ2) is 4.35. The zero-order chi connectivity index (χ0) is 9.68. The quantitative estimate of drug-likeness (QED) is 0.426. The summed E-state index contributed by atoms with van der Waals surface area (Å²) in [7, 11) is 1.90. The Kier molecular flexibility index (Phi) is 3.14. The first-order chi connectivity index (χ1) is 6.18. The maximum Gasteiger partial charge on any atom is 0.169 e. The first kappa shape index (κ1) is 9.38. The van der Waals surface area contributed by atoms with Crippen LogP contribution in [0.2, 0.25) is 0 Å². The van der Waals surface area contributed by atoms with E-state index in [0.29, 0.717) is 0 Å². The molecule has 0 atom stereocenters. The summed E-state index contributed by atoms with van der Waals surface area (Å²) in [6.45, 7) is -0.291. The Hall–Kier alpha value is -1.71. The summed E-state index contributed by atoms with van der Waals surface area (Å²) in [6.07, 6.45) is 5.23. The van der Waals surface area contributed by atoms with Gasteiger partial charge in [0.15, 0.2) is 12.4 Å². The smallest absolute Gasteiger partial charge is 0.169 e. The molecule has 0 aliphatic carbocycles. The van der Waals surface area contributed by atoms with Crippen molar-refractivity contribution in [1.82, 2.24) is 0 Å². The Morgan fingerprint density at radius 2 is 2.23 bits per heavy atom. The average Bonchev–Trinajstić information content (AvgIpc) is 2.08. The molecule has 0 saturated carbocycles. The molecule has 0 aromatic carbocycles. The van der Waals surface area contributed by atoms with Crippen molar-refractivity contribution < 1.29 is 14.5 Å². The monoisotopic (exact) mass is 178 g/mol. The molecule has 0 unspecified atom stereocenters. The lowest BCUT2D eigenvalue weighted by atomic mass is 10.3. The number of carboxylic acids is 1. The fourth-order valence-electron chi connectivity index (χ4n) is 0.824. The minimum atomic E-state index is -1.17. The highest BCUT2D eigenvalue weighted by Crippen LogP contribution is 1.89. The highest BCUT2D eigenvalue weighted by Gasteiger charge is 1.90. The summed E-state index contributed by atoms with van der Waals surface area (Å²) >= 11 is 0. The standard InChI is InChI=1S/C9H10N2O2/c1-11-4-2-8(3-5-11)6-10-7-9(12)13/h2-6H,7H2,1H3. The lowest BCUT2D eigenvalue weighted by Gasteiger charge is -1.94. The molecule has 0 fully saturated rings. The number of aliphatic carboxylic acids is 1. The third kappa shape index (κ3) is 3.46. The second-order valence-electron chi connectivity index (χ2n) is 2.64. The summed E-state index contributed by atoms with van der Waals surface area (Å²) in [5.41, 5.74) is 0.874. The molecule has 4 heteroatoms. The van der Waals surface area contributed by atoms with Gasteiger partial charge in [-0.05, 0) is 0 Å². The Morgan fingerprint density at radius 1 is 1.62 bits per heavy atom. The molecule has 1 aromatic heterocycles. The number of hydrogen-bond donors (Lipinski definition) is 0. The maximum absolute atomic E-state index is 10.0. The van der Waals surface area contributed by atoms with Gasteiger partial charge in [0.05, 0.1) is 12.5 Å². The van der Waals surface area contributed by atoms with Gasteiger partial charge in [-0.1, -0.05) is 0 Å². The van der Waals surface area contributed by atoms with Gasteiger partial charge in [0, 0.05) is 23.9 Å². The fraction of sp³-hybridized carbons (Fsp3) is 0.222. The summed E-state index contributed by atoms with van der Waals surface area (Å²) in [5, 5.41) is 10.0. The third-order valence-electron chi connectivity index (χ3n) is 1.46. The molecule has 0 spiro atoms. The van der Waals surface area contributed by atoms with E-state index >= 15 is 0 Å². The van der Waals surface area contributed by atoms with Crippen LogP contribution in [0.3, 0.4) is 0 Å². The number of aliphatic imine (C=N–C) groups is 1. The van der Waals surface area contributed by atoms with Crippen LogP contribution in [0.4, 0.5) is 0 Å². The third-order valence-corrected chi connectivity index (χ3v) is 1.46. The molecular weight excluding hydrogens is 168 g/mol. The minimum Gasteiger partial charge on any atom is -0.548 e. The lowest BCUT2D eigenvalue weighted by Crippen LogP contribution is -2.26. The number of aromatic nitrogens is 1. The number of nitrogens with zero attached hydrogens (tertiary/aromatic N) is 2. The van der Waals surface area contributed by atoms with Crippen LogP contribution in [0, 0.1) is 0 Å². The Bertz CT molecular complexity index is 317. The zero-order valence-corrected chi connectivity index (χ0v) is 7.30. The van der Waals surface area contributed by atoms with Crippen molar-refractivity contribution in [1.29, 1.82) is 0 Å². The van der Waals surface area contributed by atoms with Crippen molar-refractivity contribution in [3.05, 3.63) is 30.1 Å². The van der Waals surface area contributed by atoms with Crippen LogP contribution in [0.15, 0.2) is 29.5 Å². The number of hydrogen-bond acceptors (Lipinski definition) is 3. The highest BCUT2D eigenvalue weighted by atomic mass is 16.4. The minimum absolute atomic E-state index is 0.291. The number of carbonyl (C=O) groups is 1. The van der Waals surface area contributed by atoms with E-state index < -0.39 is 5.97 Å². The topological polar surface area (TPSA) is 56.4 Å². The molecule has 0 aliphatic rings. The molecular formula is C9H10N2O2. The van der Waals surface area contributed by atoms with Gasteiger partial charge in [-0.2, -0.15) is 0 Å². The predicted molar refractivity (Wildman–Crippen MR) is 45.1 cm³/mol. The van der Waals surface area contributed by atoms with Crippen LogP contribution in [0.25, 0.3) is 0 Å². The number of carbonyl (C=O) groups excluding carboxylic acids is 1. The van der Waals surface area contributed by atoms with E-state index in [-0.39, 0.29) is 6.54 Å². The van der Waals surface area contributed by atoms with Gasteiger partial charge >= 0.3 is 0 Å². The number of rotatable bonds is 3. The van der Waals surface area contributed by atoms with E-state index in [0.717, 1.165) is 5.56 Å². The van der Waals surface area contributed by atoms with Crippen molar-refractivity contribution >= 4 is 12.2 Å². The molecule has 1 heterocycles. The number of aryl methyl sites for hydroxylation is 1. The van der Waals surface area contributed by atoms with Crippen molar-refractivity contribution in [2.45, 2.75) is 0 Å². The van der Waals surface area contributed by atoms with Crippen LogP contribution >= 0.6 is 0 Å². The van der Waals surface area contributed by atoms with E-state index in [4.69, 9.17) is 0 Å². The van der Waals surface area contributed by atoms with Crippen LogP contribution in [-0.2, 0) is 11.8 Å². The normalized spacial score (nSPS) is 10.5. The predicted octanol–water partition coefficient (Wildman–Crippen LogP) is -1.32. The van der Waals surface area contributed by atoms with Gasteiger partial charge in [0.1, 0.15) is 7.05 Å². The van der Waals surface area contributed by atoms with E-state index in [9.17, 15) is 9.90 Å². The largest absolute Gasteiger partial charge is 0.548 e. The van der Waals surface area contributed by atoms with E-state index in [1.54, 1.807) is 0 Å². The average molecular weight is 178 g/mol. The van der Waals surface area contributed by atoms with Crippen molar-refractivity contribution in [2.24, 2.45) is 12.0 Å². The van der Waals surface area contributed by atoms with Gasteiger partial charge in [0.2, 0.25) is 0 Å². The SMILES string of the molecule is C[n+]1ccc(C=NCC(=O)[O-])cc1. The molecule has 4 nitrogen and oxygen atoms in total.